The number of aliphatic hydroxyl groups is 1. The van der Waals surface area contributed by atoms with Gasteiger partial charge in [0, 0.05) is 32.0 Å². The van der Waals surface area contributed by atoms with Gasteiger partial charge in [-0.3, -0.25) is 4.79 Å². The summed E-state index contributed by atoms with van der Waals surface area (Å²) in [6.07, 6.45) is 2.83. The van der Waals surface area contributed by atoms with Crippen molar-refractivity contribution in [3.8, 4) is 5.75 Å². The Morgan fingerprint density at radius 3 is 2.52 bits per heavy atom. The van der Waals surface area contributed by atoms with Crippen molar-refractivity contribution in [2.24, 2.45) is 5.92 Å². The molecule has 1 aromatic carbocycles. The molecule has 2 unspecified atom stereocenters. The lowest BCUT2D eigenvalue weighted by Crippen LogP contribution is -2.45. The Morgan fingerprint density at radius 2 is 1.91 bits per heavy atom. The van der Waals surface area contributed by atoms with Gasteiger partial charge in [-0.05, 0) is 31.4 Å². The third kappa shape index (κ3) is 3.63. The molecule has 1 aromatic rings. The highest BCUT2D eigenvalue weighted by atomic mass is 19.1. The second-order valence-corrected chi connectivity index (χ2v) is 6.32. The van der Waals surface area contributed by atoms with Gasteiger partial charge in [0.05, 0.1) is 12.0 Å². The molecule has 2 atom stereocenters. The van der Waals surface area contributed by atoms with Crippen molar-refractivity contribution < 1.29 is 23.4 Å². The van der Waals surface area contributed by atoms with Crippen LogP contribution < -0.4 is 4.74 Å². The van der Waals surface area contributed by atoms with Gasteiger partial charge in [0.15, 0.2) is 11.6 Å². The number of nitrogens with zero attached hydrogens (tertiary/aromatic N) is 1. The van der Waals surface area contributed by atoms with Gasteiger partial charge < -0.3 is 14.7 Å². The van der Waals surface area contributed by atoms with Crippen LogP contribution in [0.3, 0.4) is 0 Å². The highest BCUT2D eigenvalue weighted by molar-refractivity contribution is 5.79. The van der Waals surface area contributed by atoms with E-state index in [4.69, 9.17) is 4.74 Å². The van der Waals surface area contributed by atoms with E-state index >= 15 is 0 Å². The van der Waals surface area contributed by atoms with Gasteiger partial charge in [-0.15, -0.1) is 0 Å². The van der Waals surface area contributed by atoms with Gasteiger partial charge in [0.1, 0.15) is 11.9 Å². The minimum atomic E-state index is -0.711. The van der Waals surface area contributed by atoms with E-state index in [1.165, 1.54) is 12.1 Å². The van der Waals surface area contributed by atoms with E-state index in [1.807, 2.05) is 0 Å². The largest absolute Gasteiger partial charge is 0.487 e. The van der Waals surface area contributed by atoms with Crippen LogP contribution in [0.5, 0.6) is 5.75 Å². The van der Waals surface area contributed by atoms with Crippen LogP contribution in [-0.4, -0.2) is 41.2 Å². The fourth-order valence-electron chi connectivity index (χ4n) is 3.41. The van der Waals surface area contributed by atoms with Crippen LogP contribution in [0, 0.1) is 17.6 Å². The van der Waals surface area contributed by atoms with Crippen LogP contribution in [0.1, 0.15) is 32.1 Å². The molecule has 1 N–H and O–H groups in total. The normalized spacial score (nSPS) is 25.6. The van der Waals surface area contributed by atoms with E-state index in [-0.39, 0.29) is 23.7 Å². The molecule has 2 aliphatic rings. The molecule has 1 aliphatic carbocycles. The maximum atomic E-state index is 13.6. The number of carbonyl (C=O) groups is 1. The Morgan fingerprint density at radius 1 is 1.17 bits per heavy atom. The second kappa shape index (κ2) is 6.83. The van der Waals surface area contributed by atoms with Crippen LogP contribution in [0.4, 0.5) is 8.78 Å². The first-order valence-corrected chi connectivity index (χ1v) is 8.13. The molecule has 6 heteroatoms. The molecule has 1 aliphatic heterocycles. The number of carbonyl (C=O) groups excluding carboxylic acids is 1. The summed E-state index contributed by atoms with van der Waals surface area (Å²) in [6.45, 7) is 1.07. The number of amides is 1. The summed E-state index contributed by atoms with van der Waals surface area (Å²) in [7, 11) is 0. The number of likely N-dealkylation sites (tertiary alicyclic amines) is 1. The van der Waals surface area contributed by atoms with E-state index < -0.39 is 17.7 Å². The number of ether oxygens (including phenoxy) is 1. The van der Waals surface area contributed by atoms with E-state index in [0.29, 0.717) is 32.4 Å². The topological polar surface area (TPSA) is 49.8 Å². The second-order valence-electron chi connectivity index (χ2n) is 6.32. The Hall–Kier alpha value is -1.69. The highest BCUT2D eigenvalue weighted by Crippen LogP contribution is 2.29. The minimum absolute atomic E-state index is 0.0152. The molecule has 0 bridgehead atoms. The lowest BCUT2D eigenvalue weighted by molar-refractivity contribution is -0.140. The Labute approximate surface area is 134 Å². The first kappa shape index (κ1) is 16.2. The summed E-state index contributed by atoms with van der Waals surface area (Å²) in [4.78, 5) is 14.2. The standard InChI is InChI=1S/C17H21F2NO3/c18-11-4-5-16(14(19)10-11)23-12-6-8-20(9-7-12)17(22)13-2-1-3-15(13)21/h4-5,10,12-13,15,21H,1-3,6-9H2. The van der Waals surface area contributed by atoms with Crippen molar-refractivity contribution in [3.05, 3.63) is 29.8 Å². The van der Waals surface area contributed by atoms with Gasteiger partial charge >= 0.3 is 0 Å². The lowest BCUT2D eigenvalue weighted by Gasteiger charge is -2.34. The monoisotopic (exact) mass is 325 g/mol. The molecule has 2 fully saturated rings. The van der Waals surface area contributed by atoms with Gasteiger partial charge in [-0.25, -0.2) is 8.78 Å². The molecule has 0 aromatic heterocycles. The van der Waals surface area contributed by atoms with E-state index in [1.54, 1.807) is 4.90 Å². The van der Waals surface area contributed by atoms with E-state index in [0.717, 1.165) is 18.9 Å². The number of benzene rings is 1. The number of aliphatic hydroxyl groups excluding tert-OH is 1. The molecule has 1 heterocycles. The fraction of sp³-hybridized carbons (Fsp3) is 0.588. The zero-order valence-electron chi connectivity index (χ0n) is 12.9. The minimum Gasteiger partial charge on any atom is -0.487 e. The zero-order valence-corrected chi connectivity index (χ0v) is 12.9. The molecule has 23 heavy (non-hydrogen) atoms. The molecular weight excluding hydrogens is 304 g/mol. The maximum absolute atomic E-state index is 13.6. The van der Waals surface area contributed by atoms with Crippen molar-refractivity contribution >= 4 is 5.91 Å². The van der Waals surface area contributed by atoms with Gasteiger partial charge in [-0.1, -0.05) is 0 Å². The van der Waals surface area contributed by atoms with Crippen molar-refractivity contribution in [2.45, 2.75) is 44.3 Å². The SMILES string of the molecule is O=C(C1CCCC1O)N1CCC(Oc2ccc(F)cc2F)CC1. The van der Waals surface area contributed by atoms with Crippen LogP contribution in [0.25, 0.3) is 0 Å². The number of piperidine rings is 1. The van der Waals surface area contributed by atoms with Crippen molar-refractivity contribution in [2.75, 3.05) is 13.1 Å². The fourth-order valence-corrected chi connectivity index (χ4v) is 3.41. The summed E-state index contributed by atoms with van der Waals surface area (Å²) in [5.74, 6) is -1.56. The number of hydrogen-bond acceptors (Lipinski definition) is 3. The maximum Gasteiger partial charge on any atom is 0.228 e. The van der Waals surface area contributed by atoms with E-state index in [2.05, 4.69) is 0 Å². The molecule has 126 valence electrons. The molecule has 4 nitrogen and oxygen atoms in total. The van der Waals surface area contributed by atoms with E-state index in [9.17, 15) is 18.7 Å². The molecule has 0 radical (unpaired) electrons. The Balaban J connectivity index is 1.53. The quantitative estimate of drug-likeness (QED) is 0.929. The van der Waals surface area contributed by atoms with Crippen molar-refractivity contribution in [1.82, 2.24) is 4.90 Å². The zero-order chi connectivity index (χ0) is 16.4. The predicted molar refractivity (Wildman–Crippen MR) is 79.9 cm³/mol. The molecule has 3 rings (SSSR count). The van der Waals surface area contributed by atoms with Crippen LogP contribution in [-0.2, 0) is 4.79 Å². The number of rotatable bonds is 3. The molecule has 1 amide bonds. The average Bonchev–Trinajstić information content (AvgIpc) is 2.96. The average molecular weight is 325 g/mol. The Kier molecular flexibility index (Phi) is 4.80. The van der Waals surface area contributed by atoms with Gasteiger partial charge in [0.25, 0.3) is 0 Å². The number of halogens is 2. The molecular formula is C17H21F2NO3. The van der Waals surface area contributed by atoms with Gasteiger partial charge in [0.2, 0.25) is 5.91 Å². The van der Waals surface area contributed by atoms with Crippen LogP contribution in [0.15, 0.2) is 18.2 Å². The summed E-state index contributed by atoms with van der Waals surface area (Å²) in [6, 6.07) is 3.26. The number of hydrogen-bond donors (Lipinski definition) is 1. The Bertz CT molecular complexity index is 573. The summed E-state index contributed by atoms with van der Waals surface area (Å²) < 4.78 is 32.1. The predicted octanol–water partition coefficient (Wildman–Crippen LogP) is 2.50. The van der Waals surface area contributed by atoms with Crippen molar-refractivity contribution in [3.63, 3.8) is 0 Å². The molecule has 1 saturated heterocycles. The van der Waals surface area contributed by atoms with Crippen LogP contribution >= 0.6 is 0 Å². The first-order valence-electron chi connectivity index (χ1n) is 8.13. The third-order valence-corrected chi connectivity index (χ3v) is 4.74. The van der Waals surface area contributed by atoms with Gasteiger partial charge in [-0.2, -0.15) is 0 Å². The summed E-state index contributed by atoms with van der Waals surface area (Å²) in [5.41, 5.74) is 0. The molecule has 1 saturated carbocycles. The summed E-state index contributed by atoms with van der Waals surface area (Å²) >= 11 is 0. The lowest BCUT2D eigenvalue weighted by atomic mass is 10.0. The highest BCUT2D eigenvalue weighted by Gasteiger charge is 2.35. The third-order valence-electron chi connectivity index (χ3n) is 4.74. The summed E-state index contributed by atoms with van der Waals surface area (Å²) in [5, 5.41) is 9.85. The van der Waals surface area contributed by atoms with Crippen LogP contribution in [0.2, 0.25) is 0 Å². The van der Waals surface area contributed by atoms with Crippen molar-refractivity contribution in [1.29, 1.82) is 0 Å². The molecule has 0 spiro atoms. The first-order chi connectivity index (χ1) is 11.0. The smallest absolute Gasteiger partial charge is 0.228 e.